The Morgan fingerprint density at radius 2 is 0.982 bits per heavy atom. The summed E-state index contributed by atoms with van der Waals surface area (Å²) in [5, 5.41) is 38.2. The minimum Gasteiger partial charge on any atom is -0.492 e. The zero-order valence-electron chi connectivity index (χ0n) is 32.0. The van der Waals surface area contributed by atoms with E-state index in [9.17, 15) is 21.0 Å². The molecule has 0 atom stereocenters. The fourth-order valence-corrected chi connectivity index (χ4v) is 16.8. The van der Waals surface area contributed by atoms with Gasteiger partial charge in [0, 0.05) is 30.3 Å². The molecule has 0 N–H and O–H groups in total. The van der Waals surface area contributed by atoms with Gasteiger partial charge in [-0.2, -0.15) is 21.0 Å². The van der Waals surface area contributed by atoms with Gasteiger partial charge in [-0.05, 0) is 97.2 Å². The van der Waals surface area contributed by atoms with Gasteiger partial charge >= 0.3 is 0 Å². The van der Waals surface area contributed by atoms with E-state index in [0.29, 0.717) is 13.2 Å². The third kappa shape index (κ3) is 6.14. The Labute approximate surface area is 353 Å². The van der Waals surface area contributed by atoms with Gasteiger partial charge in [0.2, 0.25) is 0 Å². The van der Waals surface area contributed by atoms with Gasteiger partial charge in [-0.15, -0.1) is 56.7 Å². The summed E-state index contributed by atoms with van der Waals surface area (Å²) in [6, 6.07) is 12.2. The standard InChI is InChI=1S/C46H40N4O2S5/c1-3-15-51-33-19-29(17-27(23-47)24-48)53-39(33)31-21-35-37(45(31)11-7-5-8-12-45)41-43(55-35)44-42(57-41)38-36(56-44)22-32(46(38)13-9-6-10-14-46)40-34(52-16-4-2)20-30(54-40)18-28(25-49)26-50/h17-22H,3-16H2,1-2H3. The van der Waals surface area contributed by atoms with Gasteiger partial charge in [-0.3, -0.25) is 0 Å². The van der Waals surface area contributed by atoms with E-state index in [2.05, 4.69) is 26.0 Å². The first-order valence-corrected chi connectivity index (χ1v) is 24.0. The Balaban J connectivity index is 1.19. The largest absolute Gasteiger partial charge is 0.492 e. The molecule has 11 heteroatoms. The Morgan fingerprint density at radius 1 is 0.579 bits per heavy atom. The van der Waals surface area contributed by atoms with Crippen LogP contribution in [0.2, 0.25) is 0 Å². The molecule has 57 heavy (non-hydrogen) atoms. The van der Waals surface area contributed by atoms with Crippen molar-refractivity contribution >= 4 is 111 Å². The van der Waals surface area contributed by atoms with Crippen molar-refractivity contribution < 1.29 is 9.47 Å². The molecule has 6 nitrogen and oxygen atoms in total. The quantitative estimate of drug-likeness (QED) is 0.129. The molecule has 0 aliphatic heterocycles. The molecule has 5 aromatic heterocycles. The molecule has 5 heterocycles. The van der Waals surface area contributed by atoms with Crippen LogP contribution in [0.4, 0.5) is 0 Å². The lowest BCUT2D eigenvalue weighted by atomic mass is 9.67. The van der Waals surface area contributed by atoms with Crippen LogP contribution in [0.25, 0.3) is 54.2 Å². The van der Waals surface area contributed by atoms with Gasteiger partial charge in [-0.25, -0.2) is 0 Å². The van der Waals surface area contributed by atoms with E-state index in [4.69, 9.17) is 9.47 Å². The van der Waals surface area contributed by atoms with Crippen LogP contribution in [0.15, 0.2) is 23.3 Å². The molecule has 4 aliphatic rings. The maximum absolute atomic E-state index is 9.55. The molecular formula is C46H40N4O2S5. The summed E-state index contributed by atoms with van der Waals surface area (Å²) < 4.78 is 18.6. The molecule has 2 fully saturated rings. The van der Waals surface area contributed by atoms with Crippen molar-refractivity contribution in [3.8, 4) is 35.8 Å². The first kappa shape index (κ1) is 38.1. The Morgan fingerprint density at radius 3 is 1.35 bits per heavy atom. The van der Waals surface area contributed by atoms with Gasteiger partial charge < -0.3 is 9.47 Å². The van der Waals surface area contributed by atoms with Crippen molar-refractivity contribution in [3.63, 3.8) is 0 Å². The number of nitrogens with zero attached hydrogens (tertiary/aromatic N) is 4. The monoisotopic (exact) mass is 840 g/mol. The molecule has 9 rings (SSSR count). The third-order valence-corrected chi connectivity index (χ3v) is 18.2. The van der Waals surface area contributed by atoms with Gasteiger partial charge in [0.25, 0.3) is 0 Å². The van der Waals surface area contributed by atoms with Crippen LogP contribution in [0.1, 0.15) is 131 Å². The Kier molecular flexibility index (Phi) is 10.3. The molecule has 0 radical (unpaired) electrons. The van der Waals surface area contributed by atoms with Crippen LogP contribution < -0.4 is 9.47 Å². The summed E-state index contributed by atoms with van der Waals surface area (Å²) >= 11 is 9.25. The summed E-state index contributed by atoms with van der Waals surface area (Å²) in [5.74, 6) is 1.72. The summed E-state index contributed by atoms with van der Waals surface area (Å²) in [5.41, 5.74) is 5.73. The first-order valence-electron chi connectivity index (χ1n) is 20.0. The van der Waals surface area contributed by atoms with Crippen LogP contribution >= 0.6 is 56.7 Å². The lowest BCUT2D eigenvalue weighted by Gasteiger charge is -2.37. The van der Waals surface area contributed by atoms with Crippen molar-refractivity contribution in [3.05, 3.63) is 63.7 Å². The minimum absolute atomic E-state index is 0.102. The second-order valence-corrected chi connectivity index (χ2v) is 20.7. The number of thiophene rings is 5. The summed E-state index contributed by atoms with van der Waals surface area (Å²) in [4.78, 5) is 6.78. The number of allylic oxidation sites excluding steroid dienone is 4. The highest BCUT2D eigenvalue weighted by Gasteiger charge is 2.50. The van der Waals surface area contributed by atoms with Crippen LogP contribution in [-0.4, -0.2) is 13.2 Å². The molecule has 0 amide bonds. The topological polar surface area (TPSA) is 114 Å². The van der Waals surface area contributed by atoms with Crippen molar-refractivity contribution in [2.75, 3.05) is 13.2 Å². The van der Waals surface area contributed by atoms with Gasteiger partial charge in [0.05, 0.1) is 41.8 Å². The molecule has 5 aromatic rings. The number of nitriles is 4. The van der Waals surface area contributed by atoms with Crippen molar-refractivity contribution in [1.82, 2.24) is 0 Å². The number of fused-ring (bicyclic) bond motifs is 9. The Hall–Kier alpha value is -4.46. The predicted octanol–water partition coefficient (Wildman–Crippen LogP) is 14.3. The molecule has 4 aliphatic carbocycles. The molecule has 0 unspecified atom stereocenters. The third-order valence-electron chi connectivity index (χ3n) is 12.0. The zero-order valence-corrected chi connectivity index (χ0v) is 36.1. The van der Waals surface area contributed by atoms with Crippen LogP contribution in [0.5, 0.6) is 11.5 Å². The lowest BCUT2D eigenvalue weighted by Crippen LogP contribution is -2.28. The maximum atomic E-state index is 9.55. The lowest BCUT2D eigenvalue weighted by molar-refractivity contribution is 0.316. The number of rotatable bonds is 10. The predicted molar refractivity (Wildman–Crippen MR) is 239 cm³/mol. The van der Waals surface area contributed by atoms with Crippen LogP contribution in [-0.2, 0) is 10.8 Å². The van der Waals surface area contributed by atoms with E-state index in [1.807, 2.05) is 70.4 Å². The Bertz CT molecular complexity index is 2520. The highest BCUT2D eigenvalue weighted by molar-refractivity contribution is 7.39. The van der Waals surface area contributed by atoms with E-state index in [0.717, 1.165) is 69.5 Å². The highest BCUT2D eigenvalue weighted by Crippen LogP contribution is 2.67. The fourth-order valence-electron chi connectivity index (χ4n) is 9.70. The van der Waals surface area contributed by atoms with E-state index < -0.39 is 0 Å². The van der Waals surface area contributed by atoms with Gasteiger partial charge in [0.1, 0.15) is 46.9 Å². The van der Waals surface area contributed by atoms with E-state index in [1.54, 1.807) is 34.8 Å². The maximum Gasteiger partial charge on any atom is 0.138 e. The second-order valence-electron chi connectivity index (χ2n) is 15.4. The SMILES string of the molecule is CCCOc1cc(C=C(C#N)C#N)sc1C1=Cc2sc3c(sc4c5c(sc43)C=C(c3sc(C=C(C#N)C#N)cc3OCCC)C53CCCCC3)c2C12CCCCC2. The van der Waals surface area contributed by atoms with Crippen LogP contribution in [0.3, 0.4) is 0 Å². The minimum atomic E-state index is -0.102. The number of hydrogen-bond acceptors (Lipinski definition) is 11. The fraction of sp³-hybridized carbons (Fsp3) is 0.391. The molecule has 0 saturated heterocycles. The van der Waals surface area contributed by atoms with Crippen molar-refractivity contribution in [2.45, 2.75) is 102 Å². The van der Waals surface area contributed by atoms with E-state index in [1.165, 1.54) is 89.4 Å². The first-order chi connectivity index (χ1) is 27.9. The molecular weight excluding hydrogens is 801 g/mol. The summed E-state index contributed by atoms with van der Waals surface area (Å²) in [6.45, 7) is 5.47. The molecule has 0 aromatic carbocycles. The molecule has 2 saturated carbocycles. The molecule has 286 valence electrons. The van der Waals surface area contributed by atoms with Crippen molar-refractivity contribution in [1.29, 1.82) is 21.0 Å². The van der Waals surface area contributed by atoms with E-state index in [-0.39, 0.29) is 22.0 Å². The van der Waals surface area contributed by atoms with Crippen LogP contribution in [0, 0.1) is 45.3 Å². The average Bonchev–Trinajstić information content (AvgIpc) is 4.10. The zero-order chi connectivity index (χ0) is 39.3. The normalized spacial score (nSPS) is 17.3. The molecule has 2 spiro atoms. The molecule has 0 bridgehead atoms. The summed E-state index contributed by atoms with van der Waals surface area (Å²) in [6.07, 6.45) is 21.7. The van der Waals surface area contributed by atoms with Gasteiger partial charge in [0.15, 0.2) is 0 Å². The van der Waals surface area contributed by atoms with Gasteiger partial charge in [-0.1, -0.05) is 52.4 Å². The average molecular weight is 841 g/mol. The highest BCUT2D eigenvalue weighted by atomic mass is 32.1. The smallest absolute Gasteiger partial charge is 0.138 e. The number of ether oxygens (including phenoxy) is 2. The summed E-state index contributed by atoms with van der Waals surface area (Å²) in [7, 11) is 0. The van der Waals surface area contributed by atoms with E-state index >= 15 is 0 Å². The second kappa shape index (κ2) is 15.4. The number of hydrogen-bond donors (Lipinski definition) is 0. The van der Waals surface area contributed by atoms with Crippen molar-refractivity contribution in [2.24, 2.45) is 0 Å².